The highest BCUT2D eigenvalue weighted by atomic mass is 19.1. The van der Waals surface area contributed by atoms with Crippen LogP contribution in [-0.2, 0) is 14.3 Å². The molecule has 1 aliphatic carbocycles. The van der Waals surface area contributed by atoms with Crippen LogP contribution in [0.5, 0.6) is 0 Å². The number of nitriles is 1. The Morgan fingerprint density at radius 2 is 2.07 bits per heavy atom. The second-order valence-electron chi connectivity index (χ2n) is 7.38. The van der Waals surface area contributed by atoms with Crippen LogP contribution in [0.1, 0.15) is 45.1 Å². The van der Waals surface area contributed by atoms with Gasteiger partial charge in [-0.15, -0.1) is 0 Å². The lowest BCUT2D eigenvalue weighted by Gasteiger charge is -2.37. The van der Waals surface area contributed by atoms with E-state index < -0.39 is 5.92 Å². The molecule has 27 heavy (non-hydrogen) atoms. The van der Waals surface area contributed by atoms with Crippen LogP contribution in [0.4, 0.5) is 4.39 Å². The van der Waals surface area contributed by atoms with E-state index >= 15 is 0 Å². The molecule has 6 heteroatoms. The normalized spacial score (nSPS) is 21.7. The lowest BCUT2D eigenvalue weighted by atomic mass is 9.70. The molecular formula is C21H21FN2O3. The number of allylic oxidation sites excluding steroid dienone is 3. The second kappa shape index (κ2) is 7.36. The van der Waals surface area contributed by atoms with Gasteiger partial charge in [0.2, 0.25) is 5.88 Å². The van der Waals surface area contributed by atoms with Gasteiger partial charge in [0.1, 0.15) is 23.2 Å². The molecular weight excluding hydrogens is 347 g/mol. The minimum absolute atomic E-state index is 0.0591. The summed E-state index contributed by atoms with van der Waals surface area (Å²) in [5.41, 5.74) is 1.08. The quantitative estimate of drug-likeness (QED) is 0.584. The summed E-state index contributed by atoms with van der Waals surface area (Å²) in [5, 5.41) is 9.77. The summed E-state index contributed by atoms with van der Waals surface area (Å²) in [4.78, 5) is 17.1. The summed E-state index contributed by atoms with van der Waals surface area (Å²) in [6.45, 7) is 6.24. The lowest BCUT2D eigenvalue weighted by Crippen LogP contribution is -2.32. The van der Waals surface area contributed by atoms with Gasteiger partial charge in [-0.3, -0.25) is 4.79 Å². The number of aliphatic imine (C=N–C) groups is 1. The van der Waals surface area contributed by atoms with E-state index in [-0.39, 0.29) is 28.5 Å². The summed E-state index contributed by atoms with van der Waals surface area (Å²) >= 11 is 0. The Hall–Kier alpha value is -2.94. The van der Waals surface area contributed by atoms with Gasteiger partial charge >= 0.3 is 0 Å². The molecule has 0 saturated carbocycles. The van der Waals surface area contributed by atoms with Crippen LogP contribution in [0.2, 0.25) is 0 Å². The Bertz CT molecular complexity index is 889. The number of hydrogen-bond donors (Lipinski definition) is 0. The standard InChI is InChI=1S/C21H21FN2O3/c1-4-26-12-24-20-15(11-23)18(13-5-7-14(22)8-6-13)19-16(25)9-21(2,3)10-17(19)27-20/h5-8,12,18H,4,9-10H2,1-3H3/b24-12+. The summed E-state index contributed by atoms with van der Waals surface area (Å²) < 4.78 is 24.4. The van der Waals surface area contributed by atoms with Crippen LogP contribution >= 0.6 is 0 Å². The van der Waals surface area contributed by atoms with Gasteiger partial charge in [0.15, 0.2) is 12.2 Å². The fourth-order valence-corrected chi connectivity index (χ4v) is 3.49. The zero-order valence-corrected chi connectivity index (χ0v) is 15.6. The molecule has 140 valence electrons. The third kappa shape index (κ3) is 3.77. The van der Waals surface area contributed by atoms with Gasteiger partial charge < -0.3 is 9.47 Å². The number of ketones is 1. The zero-order valence-electron chi connectivity index (χ0n) is 15.6. The fraction of sp³-hybridized carbons (Fsp3) is 0.381. The molecule has 0 N–H and O–H groups in total. The summed E-state index contributed by atoms with van der Waals surface area (Å²) in [6, 6.07) is 7.94. The van der Waals surface area contributed by atoms with Crippen LogP contribution in [0, 0.1) is 22.6 Å². The summed E-state index contributed by atoms with van der Waals surface area (Å²) in [6.07, 6.45) is 2.15. The number of nitrogens with zero attached hydrogens (tertiary/aromatic N) is 2. The molecule has 1 atom stereocenters. The molecule has 1 aromatic carbocycles. The first-order chi connectivity index (χ1) is 12.9. The van der Waals surface area contributed by atoms with Crippen molar-refractivity contribution >= 4 is 12.2 Å². The molecule has 5 nitrogen and oxygen atoms in total. The van der Waals surface area contributed by atoms with E-state index in [0.29, 0.717) is 36.3 Å². The number of ether oxygens (including phenoxy) is 2. The molecule has 1 aliphatic heterocycles. The molecule has 0 amide bonds. The molecule has 0 spiro atoms. The summed E-state index contributed by atoms with van der Waals surface area (Å²) in [5.74, 6) is -0.432. The van der Waals surface area contributed by atoms with Crippen molar-refractivity contribution in [3.8, 4) is 6.07 Å². The number of rotatable bonds is 4. The predicted octanol–water partition coefficient (Wildman–Crippen LogP) is 4.38. The zero-order chi connectivity index (χ0) is 19.6. The Morgan fingerprint density at radius 1 is 1.37 bits per heavy atom. The van der Waals surface area contributed by atoms with E-state index in [2.05, 4.69) is 11.1 Å². The van der Waals surface area contributed by atoms with Crippen molar-refractivity contribution in [3.05, 3.63) is 58.4 Å². The average Bonchev–Trinajstić information content (AvgIpc) is 2.60. The van der Waals surface area contributed by atoms with Gasteiger partial charge in [0.05, 0.1) is 12.5 Å². The minimum Gasteiger partial charge on any atom is -0.483 e. The molecule has 0 saturated heterocycles. The number of benzene rings is 1. The second-order valence-corrected chi connectivity index (χ2v) is 7.38. The third-order valence-electron chi connectivity index (χ3n) is 4.64. The summed E-state index contributed by atoms with van der Waals surface area (Å²) in [7, 11) is 0. The fourth-order valence-electron chi connectivity index (χ4n) is 3.49. The number of hydrogen-bond acceptors (Lipinski definition) is 5. The maximum absolute atomic E-state index is 13.4. The molecule has 1 unspecified atom stereocenters. The molecule has 3 rings (SSSR count). The van der Waals surface area contributed by atoms with Crippen molar-refractivity contribution in [3.63, 3.8) is 0 Å². The van der Waals surface area contributed by atoms with Crippen LogP contribution in [-0.4, -0.2) is 18.8 Å². The predicted molar refractivity (Wildman–Crippen MR) is 98.0 cm³/mol. The number of Topliss-reactive ketones (excluding diaryl/α,β-unsaturated/α-hetero) is 1. The van der Waals surface area contributed by atoms with Crippen molar-refractivity contribution in [1.82, 2.24) is 0 Å². The van der Waals surface area contributed by atoms with Gasteiger partial charge in [0, 0.05) is 18.4 Å². The topological polar surface area (TPSA) is 71.7 Å². The Morgan fingerprint density at radius 3 is 2.70 bits per heavy atom. The molecule has 2 aliphatic rings. The molecule has 0 radical (unpaired) electrons. The molecule has 0 aromatic heterocycles. The van der Waals surface area contributed by atoms with Crippen molar-refractivity contribution in [2.75, 3.05) is 6.61 Å². The maximum Gasteiger partial charge on any atom is 0.236 e. The first-order valence-electron chi connectivity index (χ1n) is 8.84. The highest BCUT2D eigenvalue weighted by Gasteiger charge is 2.43. The monoisotopic (exact) mass is 368 g/mol. The van der Waals surface area contributed by atoms with Crippen molar-refractivity contribution < 1.29 is 18.7 Å². The lowest BCUT2D eigenvalue weighted by molar-refractivity contribution is -0.119. The van der Waals surface area contributed by atoms with Gasteiger partial charge in [-0.05, 0) is 30.0 Å². The molecule has 1 aromatic rings. The van der Waals surface area contributed by atoms with Gasteiger partial charge in [-0.25, -0.2) is 4.39 Å². The van der Waals surface area contributed by atoms with Crippen LogP contribution in [0.3, 0.4) is 0 Å². The van der Waals surface area contributed by atoms with E-state index in [0.717, 1.165) is 0 Å². The van der Waals surface area contributed by atoms with E-state index in [1.807, 2.05) is 20.8 Å². The number of carbonyl (C=O) groups excluding carboxylic acids is 1. The van der Waals surface area contributed by atoms with Crippen LogP contribution in [0.15, 0.2) is 52.0 Å². The number of halogens is 1. The average molecular weight is 368 g/mol. The highest BCUT2D eigenvalue weighted by Crippen LogP contribution is 2.48. The third-order valence-corrected chi connectivity index (χ3v) is 4.64. The van der Waals surface area contributed by atoms with Gasteiger partial charge in [0.25, 0.3) is 0 Å². The Kier molecular flexibility index (Phi) is 5.13. The molecule has 1 heterocycles. The molecule has 0 fully saturated rings. The Labute approximate surface area is 157 Å². The SMILES string of the molecule is CCO/C=N/C1=C(C#N)C(c2ccc(F)cc2)C2=C(CC(C)(C)CC2=O)O1. The van der Waals surface area contributed by atoms with E-state index in [4.69, 9.17) is 9.47 Å². The highest BCUT2D eigenvalue weighted by molar-refractivity contribution is 6.00. The van der Waals surface area contributed by atoms with Gasteiger partial charge in [-0.1, -0.05) is 26.0 Å². The smallest absolute Gasteiger partial charge is 0.236 e. The molecule has 0 bridgehead atoms. The Balaban J connectivity index is 2.16. The van der Waals surface area contributed by atoms with Crippen LogP contribution in [0.25, 0.3) is 0 Å². The maximum atomic E-state index is 13.4. The minimum atomic E-state index is -0.628. The van der Waals surface area contributed by atoms with Crippen molar-refractivity contribution in [2.45, 2.75) is 39.5 Å². The van der Waals surface area contributed by atoms with Crippen molar-refractivity contribution in [2.24, 2.45) is 10.4 Å². The van der Waals surface area contributed by atoms with E-state index in [1.54, 1.807) is 12.1 Å². The van der Waals surface area contributed by atoms with Gasteiger partial charge in [-0.2, -0.15) is 10.3 Å². The first kappa shape index (κ1) is 18.8. The van der Waals surface area contributed by atoms with E-state index in [1.165, 1.54) is 18.5 Å². The van der Waals surface area contributed by atoms with E-state index in [9.17, 15) is 14.4 Å². The first-order valence-corrected chi connectivity index (χ1v) is 8.84. The van der Waals surface area contributed by atoms with Crippen LogP contribution < -0.4 is 0 Å². The number of carbonyl (C=O) groups is 1. The largest absolute Gasteiger partial charge is 0.483 e. The van der Waals surface area contributed by atoms with Crippen molar-refractivity contribution in [1.29, 1.82) is 5.26 Å².